The van der Waals surface area contributed by atoms with Crippen molar-refractivity contribution in [3.63, 3.8) is 0 Å². The predicted molar refractivity (Wildman–Crippen MR) is 50.3 cm³/mol. The van der Waals surface area contributed by atoms with Crippen LogP contribution in [0.5, 0.6) is 0 Å². The van der Waals surface area contributed by atoms with Gasteiger partial charge in [-0.2, -0.15) is 0 Å². The van der Waals surface area contributed by atoms with E-state index < -0.39 is 10.9 Å². The Balaban J connectivity index is 2.62. The second-order valence-electron chi connectivity index (χ2n) is 2.38. The van der Waals surface area contributed by atoms with Crippen LogP contribution in [0.3, 0.4) is 0 Å². The van der Waals surface area contributed by atoms with E-state index in [0.717, 1.165) is 0 Å². The third-order valence-electron chi connectivity index (χ3n) is 1.55. The second kappa shape index (κ2) is 4.30. The standard InChI is InChI=1S/C7H10O3S2/c1-11-6-4(8)3-5(9)7(10-6)12-2/h6-7H,3H2,1-2H3. The van der Waals surface area contributed by atoms with E-state index >= 15 is 0 Å². The molecular weight excluding hydrogens is 196 g/mol. The molecule has 1 saturated heterocycles. The molecule has 1 aliphatic rings. The average molecular weight is 206 g/mol. The number of Topliss-reactive ketones (excluding diaryl/α,β-unsaturated/α-hetero) is 2. The van der Waals surface area contributed by atoms with Gasteiger partial charge in [-0.15, -0.1) is 23.5 Å². The Morgan fingerprint density at radius 2 is 1.58 bits per heavy atom. The highest BCUT2D eigenvalue weighted by Crippen LogP contribution is 2.25. The third-order valence-corrected chi connectivity index (χ3v) is 3.15. The van der Waals surface area contributed by atoms with Gasteiger partial charge in [0.2, 0.25) is 0 Å². The van der Waals surface area contributed by atoms with E-state index in [-0.39, 0.29) is 18.0 Å². The molecule has 0 aromatic carbocycles. The molecule has 0 radical (unpaired) electrons. The number of ketones is 2. The number of carbonyl (C=O) groups excluding carboxylic acids is 2. The molecule has 0 N–H and O–H groups in total. The van der Waals surface area contributed by atoms with Crippen LogP contribution in [0.4, 0.5) is 0 Å². The number of hydrogen-bond donors (Lipinski definition) is 0. The van der Waals surface area contributed by atoms with Gasteiger partial charge in [0.1, 0.15) is 0 Å². The lowest BCUT2D eigenvalue weighted by Gasteiger charge is -2.25. The minimum atomic E-state index is -0.444. The summed E-state index contributed by atoms with van der Waals surface area (Å²) in [5.74, 6) is -0.226. The van der Waals surface area contributed by atoms with Crippen molar-refractivity contribution in [2.24, 2.45) is 0 Å². The summed E-state index contributed by atoms with van der Waals surface area (Å²) < 4.78 is 5.24. The first-order chi connectivity index (χ1) is 5.69. The van der Waals surface area contributed by atoms with Crippen LogP contribution >= 0.6 is 23.5 Å². The van der Waals surface area contributed by atoms with Gasteiger partial charge in [0.25, 0.3) is 0 Å². The molecule has 0 amide bonds. The number of carbonyl (C=O) groups is 2. The van der Waals surface area contributed by atoms with Crippen LogP contribution in [0.15, 0.2) is 0 Å². The van der Waals surface area contributed by atoms with Crippen molar-refractivity contribution < 1.29 is 14.3 Å². The van der Waals surface area contributed by atoms with E-state index in [0.29, 0.717) is 0 Å². The lowest BCUT2D eigenvalue weighted by Crippen LogP contribution is -2.38. The van der Waals surface area contributed by atoms with Crippen molar-refractivity contribution in [3.05, 3.63) is 0 Å². The molecule has 0 aromatic heterocycles. The normalized spacial score (nSPS) is 30.8. The molecule has 68 valence electrons. The van der Waals surface area contributed by atoms with Crippen molar-refractivity contribution in [2.45, 2.75) is 17.3 Å². The SMILES string of the molecule is CSC1OC(SC)C(=O)CC1=O. The first kappa shape index (κ1) is 10.1. The van der Waals surface area contributed by atoms with Gasteiger partial charge < -0.3 is 4.74 Å². The van der Waals surface area contributed by atoms with Gasteiger partial charge in [-0.1, -0.05) is 0 Å². The molecular formula is C7H10O3S2. The highest BCUT2D eigenvalue weighted by molar-refractivity contribution is 8.00. The zero-order chi connectivity index (χ0) is 9.14. The highest BCUT2D eigenvalue weighted by Gasteiger charge is 2.34. The predicted octanol–water partition coefficient (Wildman–Crippen LogP) is 0.923. The third kappa shape index (κ3) is 2.02. The van der Waals surface area contributed by atoms with Crippen molar-refractivity contribution in [2.75, 3.05) is 12.5 Å². The maximum absolute atomic E-state index is 11.1. The summed E-state index contributed by atoms with van der Waals surface area (Å²) in [6.07, 6.45) is 3.63. The number of ether oxygens (including phenoxy) is 1. The Morgan fingerprint density at radius 3 is 1.92 bits per heavy atom. The van der Waals surface area contributed by atoms with E-state index in [4.69, 9.17) is 4.74 Å². The van der Waals surface area contributed by atoms with Gasteiger partial charge in [-0.25, -0.2) is 0 Å². The lowest BCUT2D eigenvalue weighted by molar-refractivity contribution is -0.142. The van der Waals surface area contributed by atoms with Crippen LogP contribution < -0.4 is 0 Å². The molecule has 1 rings (SSSR count). The van der Waals surface area contributed by atoms with Crippen molar-refractivity contribution in [1.82, 2.24) is 0 Å². The van der Waals surface area contributed by atoms with E-state index in [1.807, 2.05) is 0 Å². The fourth-order valence-corrected chi connectivity index (χ4v) is 2.18. The fraction of sp³-hybridized carbons (Fsp3) is 0.714. The maximum atomic E-state index is 11.1. The molecule has 5 heteroatoms. The van der Waals surface area contributed by atoms with E-state index in [1.54, 1.807) is 12.5 Å². The Labute approximate surface area is 79.6 Å². The van der Waals surface area contributed by atoms with Crippen LogP contribution in [0.1, 0.15) is 6.42 Å². The topological polar surface area (TPSA) is 43.4 Å². The quantitative estimate of drug-likeness (QED) is 0.629. The Kier molecular flexibility index (Phi) is 3.61. The van der Waals surface area contributed by atoms with E-state index in [1.165, 1.54) is 23.5 Å². The van der Waals surface area contributed by atoms with Gasteiger partial charge in [0.05, 0.1) is 6.42 Å². The maximum Gasteiger partial charge on any atom is 0.179 e. The van der Waals surface area contributed by atoms with Gasteiger partial charge in [0, 0.05) is 0 Å². The monoisotopic (exact) mass is 206 g/mol. The molecule has 3 nitrogen and oxygen atoms in total. The Hall–Kier alpha value is -0.000000000000000111. The molecule has 0 saturated carbocycles. The van der Waals surface area contributed by atoms with E-state index in [9.17, 15) is 9.59 Å². The number of hydrogen-bond acceptors (Lipinski definition) is 5. The number of thioether (sulfide) groups is 2. The minimum Gasteiger partial charge on any atom is -0.338 e. The highest BCUT2D eigenvalue weighted by atomic mass is 32.2. The molecule has 1 heterocycles. The minimum absolute atomic E-state index is 0.0248. The summed E-state index contributed by atoms with van der Waals surface area (Å²) >= 11 is 2.68. The summed E-state index contributed by atoms with van der Waals surface area (Å²) in [5.41, 5.74) is -0.889. The summed E-state index contributed by atoms with van der Waals surface area (Å²) in [6.45, 7) is 0. The summed E-state index contributed by atoms with van der Waals surface area (Å²) in [4.78, 5) is 22.2. The zero-order valence-electron chi connectivity index (χ0n) is 6.90. The first-order valence-electron chi connectivity index (χ1n) is 3.45. The number of rotatable bonds is 2. The lowest BCUT2D eigenvalue weighted by atomic mass is 10.2. The zero-order valence-corrected chi connectivity index (χ0v) is 8.54. The first-order valence-corrected chi connectivity index (χ1v) is 6.03. The molecule has 0 bridgehead atoms. The molecule has 2 atom stereocenters. The van der Waals surface area contributed by atoms with Crippen LogP contribution in [-0.2, 0) is 14.3 Å². The summed E-state index contributed by atoms with van der Waals surface area (Å²) in [6, 6.07) is 0. The molecule has 0 aliphatic carbocycles. The van der Waals surface area contributed by atoms with E-state index in [2.05, 4.69) is 0 Å². The second-order valence-corrected chi connectivity index (χ2v) is 4.18. The summed E-state index contributed by atoms with van der Waals surface area (Å²) in [5, 5.41) is 0. The molecule has 1 aliphatic heterocycles. The van der Waals surface area contributed by atoms with Gasteiger partial charge in [-0.3, -0.25) is 9.59 Å². The van der Waals surface area contributed by atoms with Crippen molar-refractivity contribution in [3.8, 4) is 0 Å². The van der Waals surface area contributed by atoms with Crippen molar-refractivity contribution in [1.29, 1.82) is 0 Å². The van der Waals surface area contributed by atoms with Gasteiger partial charge in [-0.05, 0) is 12.5 Å². The summed E-state index contributed by atoms with van der Waals surface area (Å²) in [7, 11) is 0. The van der Waals surface area contributed by atoms with Crippen LogP contribution in [0.25, 0.3) is 0 Å². The molecule has 12 heavy (non-hydrogen) atoms. The smallest absolute Gasteiger partial charge is 0.179 e. The van der Waals surface area contributed by atoms with Crippen LogP contribution in [0, 0.1) is 0 Å². The largest absolute Gasteiger partial charge is 0.338 e. The molecule has 2 unspecified atom stereocenters. The van der Waals surface area contributed by atoms with Crippen molar-refractivity contribution >= 4 is 35.1 Å². The Morgan fingerprint density at radius 1 is 1.17 bits per heavy atom. The molecule has 1 fully saturated rings. The Bertz CT molecular complexity index is 185. The van der Waals surface area contributed by atoms with Crippen LogP contribution in [0.2, 0.25) is 0 Å². The van der Waals surface area contributed by atoms with Gasteiger partial charge >= 0.3 is 0 Å². The molecule has 0 aromatic rings. The van der Waals surface area contributed by atoms with Gasteiger partial charge in [0.15, 0.2) is 22.4 Å². The molecule has 0 spiro atoms. The average Bonchev–Trinajstić information content (AvgIpc) is 2.05. The fourth-order valence-electron chi connectivity index (χ4n) is 0.976. The van der Waals surface area contributed by atoms with Crippen LogP contribution in [-0.4, -0.2) is 35.0 Å².